The Morgan fingerprint density at radius 3 is 1.94 bits per heavy atom. The number of aromatic hydroxyl groups is 1. The van der Waals surface area contributed by atoms with E-state index in [2.05, 4.69) is 6.07 Å². The van der Waals surface area contributed by atoms with Crippen LogP contribution in [0.4, 0.5) is 0 Å². The van der Waals surface area contributed by atoms with Gasteiger partial charge in [0.05, 0.1) is 22.3 Å². The number of phenols is 1. The number of nitrogens with zero attached hydrogens (tertiary/aromatic N) is 3. The Hall–Kier alpha value is -6.35. The molecule has 0 aliphatic carbocycles. The summed E-state index contributed by atoms with van der Waals surface area (Å²) < 4.78 is 196. The predicted molar refractivity (Wildman–Crippen MR) is 282 cm³/mol. The van der Waals surface area contributed by atoms with Crippen LogP contribution < -0.4 is 0 Å². The van der Waals surface area contributed by atoms with Crippen LogP contribution in [0.1, 0.15) is 139 Å². The zero-order valence-electron chi connectivity index (χ0n) is 59.7. The molecule has 2 aromatic heterocycles. The summed E-state index contributed by atoms with van der Waals surface area (Å²) >= 11 is 0. The van der Waals surface area contributed by atoms with Crippen molar-refractivity contribution in [2.45, 2.75) is 98.3 Å². The minimum absolute atomic E-state index is 0. The Morgan fingerprint density at radius 1 is 0.603 bits per heavy atom. The van der Waals surface area contributed by atoms with Gasteiger partial charge in [-0.15, -0.1) is 23.8 Å². The maximum Gasteiger partial charge on any atom is 0.148 e. The van der Waals surface area contributed by atoms with Crippen LogP contribution in [-0.2, 0) is 31.9 Å². The van der Waals surface area contributed by atoms with Crippen LogP contribution >= 0.6 is 0 Å². The number of pyridine rings is 1. The van der Waals surface area contributed by atoms with Gasteiger partial charge < -0.3 is 5.11 Å². The number of phenolic OH excluding ortho intramolecular Hbond substituents is 1. The molecule has 9 rings (SSSR count). The van der Waals surface area contributed by atoms with Crippen molar-refractivity contribution < 1.29 is 56.3 Å². The monoisotopic (exact) mass is 1090 g/mol. The van der Waals surface area contributed by atoms with E-state index < -0.39 is 98.5 Å². The van der Waals surface area contributed by atoms with Crippen LogP contribution in [0.15, 0.2) is 158 Å². The molecular weight excluding hydrogens is 1010 g/mol. The van der Waals surface area contributed by atoms with Crippen LogP contribution in [-0.4, -0.2) is 19.6 Å². The molecule has 0 aliphatic rings. The van der Waals surface area contributed by atoms with E-state index in [1.165, 1.54) is 22.8 Å². The van der Waals surface area contributed by atoms with Crippen molar-refractivity contribution >= 4 is 11.0 Å². The first-order chi connectivity index (χ1) is 41.0. The molecule has 68 heavy (non-hydrogen) atoms. The number of para-hydroxylation sites is 1. The molecule has 0 spiro atoms. The third-order valence-electron chi connectivity index (χ3n) is 12.1. The summed E-state index contributed by atoms with van der Waals surface area (Å²) in [6.07, 6.45) is 1.65. The SMILES string of the molecule is [2H]C([2H])([2H])c1cc(-c2cc(C(C)C)cc(C([2H])(C)C)c2)ccc1-n1c(-c2cc(C(C([2H])([2H])[2H])(C([2H])([2H])[2H])C([2H])([2H])[2H])cc(C(C([2H])([2H])[2H])(C([2H])([2H])[2H])C([2H])([2H])[2H])c2O)nc2c(-c3[c-]c(-c4cc(-c5ccccc5)ccn4)cc(-c4ccccc4)c3)cccc21.[Pt]. The van der Waals surface area contributed by atoms with Crippen molar-refractivity contribution in [2.75, 3.05) is 0 Å². The van der Waals surface area contributed by atoms with Gasteiger partial charge in [0.15, 0.2) is 0 Å². The standard InChI is InChI=1S/C63H62N3O.Pt/c1-39(2)46-30-47(40(3)4)32-49(31-46)44-25-26-57(41(5)29-44)66-58-24-18-23-53(59(58)65-61(66)54-37-52(62(6,7)8)38-55(60(54)67)63(9,10)11)50-33-48(43-21-16-13-17-22-43)34-51(35-50)56-36-45(27-28-64-56)42-19-14-12-15-20-42;/h12-34,36-40,67H,1-11H3;/q-1;/i5D3,6D3,7D3,8D3,9D3,10D3,11D3,39D;. The predicted octanol–water partition coefficient (Wildman–Crippen LogP) is 17.1. The van der Waals surface area contributed by atoms with Gasteiger partial charge in [0.1, 0.15) is 11.6 Å². The minimum atomic E-state index is -4.26. The van der Waals surface area contributed by atoms with E-state index in [0.29, 0.717) is 45.1 Å². The second-order valence-corrected chi connectivity index (χ2v) is 17.5. The third-order valence-corrected chi connectivity index (χ3v) is 12.1. The summed E-state index contributed by atoms with van der Waals surface area (Å²) in [7, 11) is 0. The summed E-state index contributed by atoms with van der Waals surface area (Å²) in [6.45, 7) is -20.9. The number of rotatable bonds is 9. The Kier molecular flexibility index (Phi) is 7.70. The van der Waals surface area contributed by atoms with E-state index in [0.717, 1.165) is 22.3 Å². The first kappa shape index (κ1) is 27.6. The van der Waals surface area contributed by atoms with E-state index in [1.807, 2.05) is 105 Å². The largest absolute Gasteiger partial charge is 0.507 e. The molecule has 0 unspecified atom stereocenters. The molecule has 9 aromatic rings. The van der Waals surface area contributed by atoms with Crippen LogP contribution in [0.2, 0.25) is 0 Å². The molecule has 0 saturated heterocycles. The fraction of sp³-hybridized carbons (Fsp3) is 0.238. The molecule has 2 heterocycles. The van der Waals surface area contributed by atoms with E-state index in [9.17, 15) is 9.22 Å². The molecule has 346 valence electrons. The summed E-state index contributed by atoms with van der Waals surface area (Å²) in [4.78, 5) is 9.81. The summed E-state index contributed by atoms with van der Waals surface area (Å²) in [6, 6.07) is 45.0. The Bertz CT molecular complexity index is 4060. The minimum Gasteiger partial charge on any atom is -0.507 e. The van der Waals surface area contributed by atoms with Crippen molar-refractivity contribution in [3.8, 4) is 78.6 Å². The number of fused-ring (bicyclic) bond motifs is 1. The molecule has 5 heteroatoms. The van der Waals surface area contributed by atoms with Gasteiger partial charge in [0.2, 0.25) is 0 Å². The smallest absolute Gasteiger partial charge is 0.148 e. The van der Waals surface area contributed by atoms with Crippen LogP contribution in [0.5, 0.6) is 5.75 Å². The molecule has 4 nitrogen and oxygen atoms in total. The quantitative estimate of drug-likeness (QED) is 0.147. The molecule has 7 aromatic carbocycles. The maximum absolute atomic E-state index is 13.1. The van der Waals surface area contributed by atoms with Gasteiger partial charge in [-0.1, -0.05) is 195 Å². The van der Waals surface area contributed by atoms with Crippen LogP contribution in [0.3, 0.4) is 0 Å². The first-order valence-electron chi connectivity index (χ1n) is 32.8. The summed E-state index contributed by atoms with van der Waals surface area (Å²) in [5, 5.41) is 13.1. The van der Waals surface area contributed by atoms with Gasteiger partial charge in [-0.2, -0.15) is 0 Å². The maximum atomic E-state index is 13.1. The van der Waals surface area contributed by atoms with Crippen LogP contribution in [0, 0.1) is 12.9 Å². The first-order valence-corrected chi connectivity index (χ1v) is 21.8. The molecule has 0 atom stereocenters. The Labute approximate surface area is 449 Å². The van der Waals surface area contributed by atoms with E-state index in [1.54, 1.807) is 50.4 Å². The average molecular weight is 1090 g/mol. The molecule has 1 N–H and O–H groups in total. The molecule has 0 bridgehead atoms. The fourth-order valence-electron chi connectivity index (χ4n) is 8.44. The summed E-state index contributed by atoms with van der Waals surface area (Å²) in [5.74, 6) is -3.36. The average Bonchev–Trinajstić information content (AvgIpc) is 0.892. The number of hydrogen-bond donors (Lipinski definition) is 1. The number of imidazole rings is 1. The number of aryl methyl sites for hydroxylation is 1. The normalized spacial score (nSPS) is 18.2. The van der Waals surface area contributed by atoms with Gasteiger partial charge in [0, 0.05) is 68.7 Å². The van der Waals surface area contributed by atoms with Crippen LogP contribution in [0.25, 0.3) is 83.9 Å². The third kappa shape index (κ3) is 9.54. The number of aromatic nitrogens is 3. The van der Waals surface area contributed by atoms with Gasteiger partial charge in [0.25, 0.3) is 0 Å². The van der Waals surface area contributed by atoms with Gasteiger partial charge >= 0.3 is 0 Å². The molecule has 0 amide bonds. The topological polar surface area (TPSA) is 50.9 Å². The Balaban J connectivity index is 0.0000105. The molecule has 0 radical (unpaired) electrons. The van der Waals surface area contributed by atoms with E-state index in [4.69, 9.17) is 36.0 Å². The van der Waals surface area contributed by atoms with E-state index >= 15 is 0 Å². The number of hydrogen-bond acceptors (Lipinski definition) is 3. The zero-order valence-corrected chi connectivity index (χ0v) is 40.0. The molecule has 0 fully saturated rings. The molecule has 0 saturated carbocycles. The van der Waals surface area contributed by atoms with Gasteiger partial charge in [-0.3, -0.25) is 9.55 Å². The Morgan fingerprint density at radius 2 is 1.26 bits per heavy atom. The van der Waals surface area contributed by atoms with Crippen molar-refractivity contribution in [3.63, 3.8) is 0 Å². The van der Waals surface area contributed by atoms with Crippen molar-refractivity contribution in [3.05, 3.63) is 192 Å². The molecular formula is C63H62N3OPt-. The molecule has 0 aliphatic heterocycles. The fourth-order valence-corrected chi connectivity index (χ4v) is 8.44. The zero-order chi connectivity index (χ0) is 65.8. The van der Waals surface area contributed by atoms with Gasteiger partial charge in [-0.05, 0) is 110 Å². The van der Waals surface area contributed by atoms with Crippen molar-refractivity contribution in [2.24, 2.45) is 0 Å². The second-order valence-electron chi connectivity index (χ2n) is 17.5. The van der Waals surface area contributed by atoms with E-state index in [-0.39, 0.29) is 55.3 Å². The second kappa shape index (κ2) is 19.0. The summed E-state index contributed by atoms with van der Waals surface area (Å²) in [5.41, 5.74) is -6.06. The van der Waals surface area contributed by atoms with Gasteiger partial charge in [-0.25, -0.2) is 4.98 Å². The number of benzene rings is 7. The van der Waals surface area contributed by atoms with Crippen molar-refractivity contribution in [1.82, 2.24) is 14.5 Å². The van der Waals surface area contributed by atoms with Crippen molar-refractivity contribution in [1.29, 1.82) is 0 Å².